The molecule has 3 aromatic carbocycles. The van der Waals surface area contributed by atoms with Gasteiger partial charge in [-0.2, -0.15) is 0 Å². The number of hydrogen-bond acceptors (Lipinski definition) is 5. The number of benzene rings is 3. The molecule has 0 saturated heterocycles. The molecule has 0 aliphatic carbocycles. The first-order valence-electron chi connectivity index (χ1n) is 9.75. The highest BCUT2D eigenvalue weighted by Crippen LogP contribution is 2.34. The van der Waals surface area contributed by atoms with E-state index in [9.17, 15) is 9.18 Å². The monoisotopic (exact) mass is 443 g/mol. The molecule has 0 amide bonds. The molecule has 31 heavy (non-hydrogen) atoms. The smallest absolute Gasteiger partial charge is 0.338 e. The molecule has 0 atom stereocenters. The number of nitrogens with one attached hydrogen (secondary N) is 1. The van der Waals surface area contributed by atoms with E-state index in [-0.39, 0.29) is 18.4 Å². The summed E-state index contributed by atoms with van der Waals surface area (Å²) >= 11 is 6.43. The summed E-state index contributed by atoms with van der Waals surface area (Å²) < 4.78 is 30.0. The predicted molar refractivity (Wildman–Crippen MR) is 118 cm³/mol. The summed E-state index contributed by atoms with van der Waals surface area (Å²) in [6.07, 6.45) is 0. The highest BCUT2D eigenvalue weighted by molar-refractivity contribution is 6.31. The van der Waals surface area contributed by atoms with Gasteiger partial charge < -0.3 is 19.5 Å². The minimum Gasteiger partial charge on any atom is -0.493 e. The summed E-state index contributed by atoms with van der Waals surface area (Å²) in [7, 11) is 1.53. The van der Waals surface area contributed by atoms with Crippen LogP contribution in [0.25, 0.3) is 0 Å². The van der Waals surface area contributed by atoms with E-state index in [1.165, 1.54) is 13.2 Å². The summed E-state index contributed by atoms with van der Waals surface area (Å²) in [6, 6.07) is 16.8. The fourth-order valence-electron chi connectivity index (χ4n) is 2.89. The van der Waals surface area contributed by atoms with Crippen LogP contribution in [0.2, 0.25) is 5.02 Å². The molecule has 0 bridgehead atoms. The molecule has 1 N–H and O–H groups in total. The Labute approximate surface area is 185 Å². The Morgan fingerprint density at radius 2 is 1.77 bits per heavy atom. The molecule has 0 aliphatic rings. The molecule has 162 valence electrons. The summed E-state index contributed by atoms with van der Waals surface area (Å²) in [4.78, 5) is 11.7. The van der Waals surface area contributed by atoms with E-state index in [1.807, 2.05) is 0 Å². The van der Waals surface area contributed by atoms with Crippen molar-refractivity contribution in [3.63, 3.8) is 0 Å². The fourth-order valence-corrected chi connectivity index (χ4v) is 3.11. The van der Waals surface area contributed by atoms with Crippen molar-refractivity contribution in [2.24, 2.45) is 0 Å². The third-order valence-corrected chi connectivity index (χ3v) is 4.90. The van der Waals surface area contributed by atoms with Gasteiger partial charge in [0.05, 0.1) is 19.3 Å². The number of hydrogen-bond donors (Lipinski definition) is 1. The highest BCUT2D eigenvalue weighted by atomic mass is 35.5. The van der Waals surface area contributed by atoms with Gasteiger partial charge in [-0.15, -0.1) is 0 Å². The Kier molecular flexibility index (Phi) is 7.73. The first-order chi connectivity index (χ1) is 15.0. The van der Waals surface area contributed by atoms with Gasteiger partial charge in [-0.3, -0.25) is 0 Å². The van der Waals surface area contributed by atoms with E-state index in [0.29, 0.717) is 40.8 Å². The Bertz CT molecular complexity index is 1040. The number of esters is 1. The van der Waals surface area contributed by atoms with Crippen molar-refractivity contribution >= 4 is 23.3 Å². The zero-order valence-electron chi connectivity index (χ0n) is 17.3. The van der Waals surface area contributed by atoms with Crippen molar-refractivity contribution in [1.82, 2.24) is 0 Å². The number of anilines is 1. The molecule has 0 unspecified atom stereocenters. The molecular weight excluding hydrogens is 421 g/mol. The largest absolute Gasteiger partial charge is 0.493 e. The van der Waals surface area contributed by atoms with Crippen molar-refractivity contribution in [2.75, 3.05) is 19.0 Å². The lowest BCUT2D eigenvalue weighted by Crippen LogP contribution is -2.05. The SMILES string of the molecule is CCOC(=O)c1ccc(NCc2cc(OC)c(OCc3ccccc3F)cc2Cl)cc1. The maximum Gasteiger partial charge on any atom is 0.338 e. The number of rotatable bonds is 9. The molecular formula is C24H23ClFNO4. The quantitative estimate of drug-likeness (QED) is 0.420. The van der Waals surface area contributed by atoms with Gasteiger partial charge in [0.2, 0.25) is 0 Å². The molecule has 3 rings (SSSR count). The van der Waals surface area contributed by atoms with Gasteiger partial charge >= 0.3 is 5.97 Å². The van der Waals surface area contributed by atoms with E-state index in [4.69, 9.17) is 25.8 Å². The second-order valence-electron chi connectivity index (χ2n) is 6.63. The van der Waals surface area contributed by atoms with E-state index < -0.39 is 0 Å². The van der Waals surface area contributed by atoms with Crippen LogP contribution in [-0.2, 0) is 17.9 Å². The van der Waals surface area contributed by atoms with Crippen LogP contribution in [0.4, 0.5) is 10.1 Å². The number of carbonyl (C=O) groups excluding carboxylic acids is 1. The van der Waals surface area contributed by atoms with Gasteiger partial charge in [0.15, 0.2) is 11.5 Å². The minimum absolute atomic E-state index is 0.0593. The average Bonchev–Trinajstić information content (AvgIpc) is 2.78. The standard InChI is InChI=1S/C24H23ClFNO4/c1-3-30-24(28)16-8-10-19(11-9-16)27-14-18-12-22(29-2)23(13-20(18)25)31-15-17-6-4-5-7-21(17)26/h4-13,27H,3,14-15H2,1-2H3. The van der Waals surface area contributed by atoms with Gasteiger partial charge in [0.25, 0.3) is 0 Å². The van der Waals surface area contributed by atoms with Crippen LogP contribution in [0.1, 0.15) is 28.4 Å². The Hall–Kier alpha value is -3.25. The van der Waals surface area contributed by atoms with Crippen molar-refractivity contribution < 1.29 is 23.4 Å². The van der Waals surface area contributed by atoms with Gasteiger partial charge in [-0.25, -0.2) is 9.18 Å². The van der Waals surface area contributed by atoms with Crippen molar-refractivity contribution in [1.29, 1.82) is 0 Å². The summed E-state index contributed by atoms with van der Waals surface area (Å²) in [5, 5.41) is 3.74. The van der Waals surface area contributed by atoms with E-state index in [2.05, 4.69) is 5.32 Å². The lowest BCUT2D eigenvalue weighted by Gasteiger charge is -2.15. The molecule has 0 heterocycles. The molecule has 0 saturated carbocycles. The van der Waals surface area contributed by atoms with Gasteiger partial charge in [0, 0.05) is 28.9 Å². The van der Waals surface area contributed by atoms with Crippen LogP contribution < -0.4 is 14.8 Å². The predicted octanol–water partition coefficient (Wildman–Crippen LogP) is 5.86. The van der Waals surface area contributed by atoms with Crippen LogP contribution in [0.5, 0.6) is 11.5 Å². The number of carbonyl (C=O) groups is 1. The van der Waals surface area contributed by atoms with E-state index >= 15 is 0 Å². The van der Waals surface area contributed by atoms with Gasteiger partial charge in [0.1, 0.15) is 12.4 Å². The van der Waals surface area contributed by atoms with Crippen LogP contribution in [0, 0.1) is 5.82 Å². The van der Waals surface area contributed by atoms with Crippen molar-refractivity contribution in [3.05, 3.63) is 88.2 Å². The second-order valence-corrected chi connectivity index (χ2v) is 7.03. The molecule has 0 fully saturated rings. The normalized spacial score (nSPS) is 10.5. The van der Waals surface area contributed by atoms with Crippen molar-refractivity contribution in [2.45, 2.75) is 20.1 Å². The van der Waals surface area contributed by atoms with Crippen LogP contribution in [0.15, 0.2) is 60.7 Å². The maximum atomic E-state index is 13.8. The first kappa shape index (κ1) is 22.4. The lowest BCUT2D eigenvalue weighted by atomic mass is 10.1. The number of methoxy groups -OCH3 is 1. The molecule has 0 aromatic heterocycles. The molecule has 7 heteroatoms. The summed E-state index contributed by atoms with van der Waals surface area (Å²) in [6.45, 7) is 2.59. The lowest BCUT2D eigenvalue weighted by molar-refractivity contribution is 0.0526. The molecule has 0 spiro atoms. The summed E-state index contributed by atoms with van der Waals surface area (Å²) in [5.74, 6) is 0.239. The van der Waals surface area contributed by atoms with Crippen molar-refractivity contribution in [3.8, 4) is 11.5 Å². The highest BCUT2D eigenvalue weighted by Gasteiger charge is 2.12. The van der Waals surface area contributed by atoms with Gasteiger partial charge in [-0.05, 0) is 48.9 Å². The number of ether oxygens (including phenoxy) is 3. The molecule has 3 aromatic rings. The topological polar surface area (TPSA) is 56.8 Å². The third kappa shape index (κ3) is 5.89. The van der Waals surface area contributed by atoms with Crippen LogP contribution >= 0.6 is 11.6 Å². The Morgan fingerprint density at radius 3 is 2.45 bits per heavy atom. The first-order valence-corrected chi connectivity index (χ1v) is 10.1. The Morgan fingerprint density at radius 1 is 1.03 bits per heavy atom. The molecule has 5 nitrogen and oxygen atoms in total. The van der Waals surface area contributed by atoms with Gasteiger partial charge in [-0.1, -0.05) is 29.8 Å². The average molecular weight is 444 g/mol. The molecule has 0 aliphatic heterocycles. The van der Waals surface area contributed by atoms with Crippen LogP contribution in [-0.4, -0.2) is 19.7 Å². The molecule has 0 radical (unpaired) electrons. The van der Waals surface area contributed by atoms with E-state index in [1.54, 1.807) is 61.5 Å². The third-order valence-electron chi connectivity index (χ3n) is 4.55. The number of halogens is 2. The zero-order valence-corrected chi connectivity index (χ0v) is 18.0. The van der Waals surface area contributed by atoms with E-state index in [0.717, 1.165) is 11.3 Å². The second kappa shape index (κ2) is 10.7. The summed E-state index contributed by atoms with van der Waals surface area (Å²) in [5.41, 5.74) is 2.55. The fraction of sp³-hybridized carbons (Fsp3) is 0.208. The Balaban J connectivity index is 1.67. The zero-order chi connectivity index (χ0) is 22.2. The minimum atomic E-state index is -0.354. The maximum absolute atomic E-state index is 13.8. The van der Waals surface area contributed by atoms with Crippen LogP contribution in [0.3, 0.4) is 0 Å².